The molecule has 0 saturated heterocycles. The lowest BCUT2D eigenvalue weighted by Gasteiger charge is -2.19. The molecule has 2 aromatic carbocycles. The van der Waals surface area contributed by atoms with Gasteiger partial charge in [-0.25, -0.2) is 9.78 Å². The lowest BCUT2D eigenvalue weighted by Crippen LogP contribution is -2.15. The lowest BCUT2D eigenvalue weighted by molar-refractivity contribution is 0.0467. The molecule has 4 rings (SSSR count). The minimum atomic E-state index is -0.569. The molecule has 8 nitrogen and oxygen atoms in total. The molecule has 2 aromatic heterocycles. The van der Waals surface area contributed by atoms with Crippen LogP contribution in [-0.4, -0.2) is 21.4 Å². The van der Waals surface area contributed by atoms with Gasteiger partial charge in [0.05, 0.1) is 11.3 Å². The third kappa shape index (κ3) is 5.06. The van der Waals surface area contributed by atoms with Gasteiger partial charge in [0.2, 0.25) is 0 Å². The molecule has 1 N–H and O–H groups in total. The molecule has 0 aliphatic carbocycles. The highest BCUT2D eigenvalue weighted by Crippen LogP contribution is 2.22. The molecule has 0 saturated carbocycles. The summed E-state index contributed by atoms with van der Waals surface area (Å²) >= 11 is 0. The van der Waals surface area contributed by atoms with Crippen molar-refractivity contribution in [1.29, 1.82) is 0 Å². The Labute approximate surface area is 196 Å². The van der Waals surface area contributed by atoms with E-state index in [4.69, 9.17) is 9.26 Å². The van der Waals surface area contributed by atoms with Crippen molar-refractivity contribution >= 4 is 23.2 Å². The average Bonchev–Trinajstić information content (AvgIpc) is 3.18. The number of nitrogens with zero attached hydrogens (tertiary/aromatic N) is 2. The number of anilines is 1. The fraction of sp³-hybridized carbons (Fsp3) is 0.231. The van der Waals surface area contributed by atoms with E-state index in [0.29, 0.717) is 33.9 Å². The number of benzene rings is 2. The standard InChI is InChI=1S/C26H25N3O5/c1-16-13-22-27-21(14-23(30)29(22)34-16)15-33-25(32)18-7-11-20(12-8-18)28-24(31)17-5-9-19(10-6-17)26(2,3)4/h5-14H,15H2,1-4H3,(H,28,31). The molecule has 0 spiro atoms. The maximum Gasteiger partial charge on any atom is 0.338 e. The zero-order chi connectivity index (χ0) is 24.5. The summed E-state index contributed by atoms with van der Waals surface area (Å²) in [6.07, 6.45) is 0. The minimum Gasteiger partial charge on any atom is -0.456 e. The summed E-state index contributed by atoms with van der Waals surface area (Å²) in [7, 11) is 0. The Bertz CT molecular complexity index is 1410. The van der Waals surface area contributed by atoms with Crippen molar-refractivity contribution in [3.05, 3.63) is 99.2 Å². The van der Waals surface area contributed by atoms with Crippen LogP contribution in [0.1, 0.15) is 58.5 Å². The van der Waals surface area contributed by atoms with Gasteiger partial charge in [0.15, 0.2) is 5.65 Å². The number of hydrogen-bond acceptors (Lipinski definition) is 6. The lowest BCUT2D eigenvalue weighted by atomic mass is 9.87. The normalized spacial score (nSPS) is 11.4. The van der Waals surface area contributed by atoms with Crippen LogP contribution in [0.3, 0.4) is 0 Å². The number of aryl methyl sites for hydroxylation is 1. The van der Waals surface area contributed by atoms with E-state index in [1.165, 1.54) is 6.07 Å². The van der Waals surface area contributed by atoms with Crippen LogP contribution in [0.2, 0.25) is 0 Å². The van der Waals surface area contributed by atoms with Crippen molar-refractivity contribution in [2.24, 2.45) is 0 Å². The molecule has 0 aliphatic heterocycles. The minimum absolute atomic E-state index is 0.0107. The Kier molecular flexibility index (Phi) is 6.06. The van der Waals surface area contributed by atoms with E-state index in [1.807, 2.05) is 12.1 Å². The maximum atomic E-state index is 12.5. The van der Waals surface area contributed by atoms with Gasteiger partial charge in [0.1, 0.15) is 12.4 Å². The molecule has 4 aromatic rings. The number of hydrogen-bond donors (Lipinski definition) is 1. The number of carbonyl (C=O) groups excluding carboxylic acids is 2. The monoisotopic (exact) mass is 459 g/mol. The Morgan fingerprint density at radius 3 is 2.29 bits per heavy atom. The summed E-state index contributed by atoms with van der Waals surface area (Å²) in [5, 5.41) is 2.82. The van der Waals surface area contributed by atoms with Gasteiger partial charge in [-0.1, -0.05) is 32.9 Å². The first-order chi connectivity index (χ1) is 16.1. The second kappa shape index (κ2) is 8.97. The van der Waals surface area contributed by atoms with Crippen LogP contribution < -0.4 is 10.9 Å². The molecule has 8 heteroatoms. The highest BCUT2D eigenvalue weighted by atomic mass is 16.5. The average molecular weight is 460 g/mol. The van der Waals surface area contributed by atoms with Crippen molar-refractivity contribution in [2.45, 2.75) is 39.7 Å². The fourth-order valence-corrected chi connectivity index (χ4v) is 3.38. The summed E-state index contributed by atoms with van der Waals surface area (Å²) in [5.41, 5.74) is 2.84. The van der Waals surface area contributed by atoms with Gasteiger partial charge in [-0.2, -0.15) is 0 Å². The summed E-state index contributed by atoms with van der Waals surface area (Å²) in [4.78, 5) is 41.3. The van der Waals surface area contributed by atoms with Crippen molar-refractivity contribution in [1.82, 2.24) is 9.56 Å². The first kappa shape index (κ1) is 23.0. The van der Waals surface area contributed by atoms with Gasteiger partial charge in [-0.15, -0.1) is 4.57 Å². The van der Waals surface area contributed by atoms with Gasteiger partial charge in [-0.05, 0) is 54.3 Å². The summed E-state index contributed by atoms with van der Waals surface area (Å²) in [5.74, 6) is -0.258. The van der Waals surface area contributed by atoms with Gasteiger partial charge in [0, 0.05) is 23.4 Å². The van der Waals surface area contributed by atoms with Crippen molar-refractivity contribution < 1.29 is 18.8 Å². The first-order valence-electron chi connectivity index (χ1n) is 10.8. The summed E-state index contributed by atoms with van der Waals surface area (Å²) < 4.78 is 11.6. The number of ether oxygens (including phenoxy) is 1. The van der Waals surface area contributed by atoms with Gasteiger partial charge in [-0.3, -0.25) is 9.59 Å². The van der Waals surface area contributed by atoms with Gasteiger partial charge in [0.25, 0.3) is 11.5 Å². The van der Waals surface area contributed by atoms with Crippen LogP contribution in [0.4, 0.5) is 5.69 Å². The Morgan fingerprint density at radius 2 is 1.65 bits per heavy atom. The second-order valence-electron chi connectivity index (χ2n) is 9.02. The third-order valence-electron chi connectivity index (χ3n) is 5.27. The Morgan fingerprint density at radius 1 is 1.00 bits per heavy atom. The molecule has 174 valence electrons. The van der Waals surface area contributed by atoms with Crippen LogP contribution in [0.5, 0.6) is 0 Å². The second-order valence-corrected chi connectivity index (χ2v) is 9.02. The van der Waals surface area contributed by atoms with Crippen LogP contribution in [0.15, 0.2) is 70.0 Å². The molecule has 0 atom stereocenters. The highest BCUT2D eigenvalue weighted by Gasteiger charge is 2.15. The molecule has 0 unspecified atom stereocenters. The first-order valence-corrected chi connectivity index (χ1v) is 10.8. The van der Waals surface area contributed by atoms with Gasteiger partial charge < -0.3 is 14.6 Å². The van der Waals surface area contributed by atoms with Crippen molar-refractivity contribution in [2.75, 3.05) is 5.32 Å². The number of amides is 1. The molecule has 0 aliphatic rings. The Hall–Kier alpha value is -4.20. The molecular formula is C26H25N3O5. The largest absolute Gasteiger partial charge is 0.456 e. The zero-order valence-electron chi connectivity index (χ0n) is 19.4. The topological polar surface area (TPSA) is 103 Å². The van der Waals surface area contributed by atoms with Crippen molar-refractivity contribution in [3.63, 3.8) is 0 Å². The van der Waals surface area contributed by atoms with Crippen LogP contribution in [0, 0.1) is 6.92 Å². The number of aromatic nitrogens is 2. The fourth-order valence-electron chi connectivity index (χ4n) is 3.38. The third-order valence-corrected chi connectivity index (χ3v) is 5.27. The molecule has 2 heterocycles. The quantitative estimate of drug-likeness (QED) is 0.441. The van der Waals surface area contributed by atoms with Crippen LogP contribution >= 0.6 is 0 Å². The molecule has 0 fully saturated rings. The number of fused-ring (bicyclic) bond motifs is 1. The highest BCUT2D eigenvalue weighted by molar-refractivity contribution is 6.04. The number of carbonyl (C=O) groups is 2. The van der Waals surface area contributed by atoms with E-state index in [1.54, 1.807) is 49.4 Å². The Balaban J connectivity index is 1.37. The molecule has 0 radical (unpaired) electrons. The predicted molar refractivity (Wildman–Crippen MR) is 127 cm³/mol. The molecule has 0 bridgehead atoms. The predicted octanol–water partition coefficient (Wildman–Crippen LogP) is 4.50. The molecule has 34 heavy (non-hydrogen) atoms. The van der Waals surface area contributed by atoms with Crippen LogP contribution in [0.25, 0.3) is 5.65 Å². The van der Waals surface area contributed by atoms with Crippen LogP contribution in [-0.2, 0) is 16.8 Å². The smallest absolute Gasteiger partial charge is 0.338 e. The number of rotatable bonds is 5. The van der Waals surface area contributed by atoms with E-state index < -0.39 is 11.5 Å². The summed E-state index contributed by atoms with van der Waals surface area (Å²) in [6.45, 7) is 7.90. The van der Waals surface area contributed by atoms with Crippen molar-refractivity contribution in [3.8, 4) is 0 Å². The van der Waals surface area contributed by atoms with E-state index in [9.17, 15) is 14.4 Å². The molecule has 1 amide bonds. The zero-order valence-corrected chi connectivity index (χ0v) is 19.4. The van der Waals surface area contributed by atoms with E-state index >= 15 is 0 Å². The van der Waals surface area contributed by atoms with E-state index in [-0.39, 0.29) is 17.9 Å². The SMILES string of the molecule is Cc1cc2nc(COC(=O)c3ccc(NC(=O)c4ccc(C(C)(C)C)cc4)cc3)cc(=O)n2o1. The molecular weight excluding hydrogens is 434 g/mol. The number of esters is 1. The van der Waals surface area contributed by atoms with E-state index in [2.05, 4.69) is 31.1 Å². The maximum absolute atomic E-state index is 12.5. The number of nitrogens with one attached hydrogen (secondary N) is 1. The van der Waals surface area contributed by atoms with Gasteiger partial charge >= 0.3 is 5.97 Å². The summed E-state index contributed by atoms with van der Waals surface area (Å²) in [6, 6.07) is 16.7. The van der Waals surface area contributed by atoms with E-state index in [0.717, 1.165) is 10.1 Å².